The Balaban J connectivity index is 0.000000281. The van der Waals surface area contributed by atoms with E-state index in [-0.39, 0.29) is 0 Å². The quantitative estimate of drug-likeness (QED) is 0.654. The number of hydrogen-bond acceptors (Lipinski definition) is 0. The zero-order chi connectivity index (χ0) is 8.10. The van der Waals surface area contributed by atoms with Gasteiger partial charge in [0, 0.05) is 11.7 Å². The average Bonchev–Trinajstić information content (AvgIpc) is 2.55. The minimum atomic E-state index is 0.847. The maximum Gasteiger partial charge on any atom is 0.0453 e. The van der Waals surface area contributed by atoms with Crippen molar-refractivity contribution in [2.75, 3.05) is 0 Å². The molecular weight excluding hydrogens is 211 g/mol. The van der Waals surface area contributed by atoms with Crippen molar-refractivity contribution < 1.29 is 17.3 Å². The monoisotopic (exact) mass is 216 g/mol. The van der Waals surface area contributed by atoms with E-state index in [9.17, 15) is 0 Å². The first-order valence-corrected chi connectivity index (χ1v) is 7.15. The van der Waals surface area contributed by atoms with Crippen molar-refractivity contribution in [3.8, 4) is 0 Å². The number of nitrogens with one attached hydrogen (secondary N) is 1. The molecule has 1 nitrogen and oxygen atoms in total. The molecule has 0 aliphatic carbocycles. The van der Waals surface area contributed by atoms with Gasteiger partial charge in [-0.15, -0.1) is 0 Å². The maximum atomic E-state index is 4.76. The van der Waals surface area contributed by atoms with Crippen LogP contribution < -0.4 is 0 Å². The molecule has 0 atom stereocenters. The summed E-state index contributed by atoms with van der Waals surface area (Å²) in [7, 11) is 4.76. The normalized spacial score (nSPS) is 9.00. The number of benzene rings is 1. The number of H-pyrrole nitrogens is 1. The molecule has 0 saturated carbocycles. The Hall–Kier alpha value is -0.327. The van der Waals surface area contributed by atoms with Crippen molar-refractivity contribution >= 4 is 20.6 Å². The molecule has 53 valence electrons. The molecule has 3 heteroatoms. The maximum absolute atomic E-state index is 4.76. The van der Waals surface area contributed by atoms with Crippen LogP contribution in [0.3, 0.4) is 0 Å². The third-order valence-corrected chi connectivity index (χ3v) is 1.46. The van der Waals surface area contributed by atoms with Gasteiger partial charge in [0.15, 0.2) is 0 Å². The molecule has 0 fully saturated rings. The summed E-state index contributed by atoms with van der Waals surface area (Å²) in [6, 6.07) is 10.3. The molecule has 1 N–H and O–H groups in total. The van der Waals surface area contributed by atoms with Crippen molar-refractivity contribution in [2.24, 2.45) is 0 Å². The van der Waals surface area contributed by atoms with Gasteiger partial charge in [-0.3, -0.25) is 0 Å². The first-order valence-electron chi connectivity index (χ1n) is 3.26. The van der Waals surface area contributed by atoms with E-state index >= 15 is 0 Å². The molecule has 0 aliphatic heterocycles. The summed E-state index contributed by atoms with van der Waals surface area (Å²) in [4.78, 5) is 3.12. The Labute approximate surface area is 79.5 Å². The summed E-state index contributed by atoms with van der Waals surface area (Å²) in [5.74, 6) is 0. The van der Waals surface area contributed by atoms with Crippen molar-refractivity contribution in [3.63, 3.8) is 0 Å². The molecule has 0 spiro atoms. The Morgan fingerprint density at radius 2 is 1.82 bits per heavy atom. The topological polar surface area (TPSA) is 15.8 Å². The van der Waals surface area contributed by atoms with Gasteiger partial charge in [0.05, 0.1) is 0 Å². The van der Waals surface area contributed by atoms with Crippen molar-refractivity contribution in [1.29, 1.82) is 0 Å². The summed E-state index contributed by atoms with van der Waals surface area (Å²) in [6.45, 7) is 0. The van der Waals surface area contributed by atoms with E-state index in [1.807, 2.05) is 18.3 Å². The number of fused-ring (bicyclic) bond motifs is 1. The third kappa shape index (κ3) is 2.05. The van der Waals surface area contributed by atoms with Gasteiger partial charge in [0.1, 0.15) is 0 Å². The fraction of sp³-hybridized carbons (Fsp3) is 0. The van der Waals surface area contributed by atoms with Crippen LogP contribution in [0.1, 0.15) is 0 Å². The second kappa shape index (κ2) is 4.53. The number of rotatable bonds is 0. The molecule has 11 heavy (non-hydrogen) atoms. The van der Waals surface area contributed by atoms with E-state index in [2.05, 4.69) is 23.2 Å². The first kappa shape index (κ1) is 8.77. The number of para-hydroxylation sites is 1. The van der Waals surface area contributed by atoms with Crippen LogP contribution in [0.15, 0.2) is 36.5 Å². The second-order valence-electron chi connectivity index (χ2n) is 2.06. The summed E-state index contributed by atoms with van der Waals surface area (Å²) in [5.41, 5.74) is 1.21. The Morgan fingerprint density at radius 1 is 1.09 bits per heavy atom. The Bertz CT molecular complexity index is 288. The molecule has 1 aromatic heterocycles. The number of hydrogen-bond donors (Lipinski definition) is 1. The predicted molar refractivity (Wildman–Crippen MR) is 44.2 cm³/mol. The van der Waals surface area contributed by atoms with Gasteiger partial charge in [-0.2, -0.15) is 0 Å². The van der Waals surface area contributed by atoms with E-state index < -0.39 is 0 Å². The standard InChI is InChI=1S/C8H7N.ClH.Zn/c1-2-4-8-7(3-1)5-6-9-8;;/h1-6,9H;1H;/q;;+1/p-1. The second-order valence-corrected chi connectivity index (χ2v) is 2.06. The molecule has 0 bridgehead atoms. The van der Waals surface area contributed by atoms with Crippen LogP contribution in [0.4, 0.5) is 0 Å². The van der Waals surface area contributed by atoms with E-state index in [0.29, 0.717) is 0 Å². The van der Waals surface area contributed by atoms with Crippen LogP contribution in [-0.4, -0.2) is 4.98 Å². The molecular formula is C8H7ClNZn. The molecule has 1 aromatic carbocycles. The largest absolute Gasteiger partial charge is 0.361 e. The Morgan fingerprint density at radius 3 is 2.55 bits per heavy atom. The average molecular weight is 218 g/mol. The minimum Gasteiger partial charge on any atom is -0.361 e. The summed E-state index contributed by atoms with van der Waals surface area (Å²) in [6.07, 6.45) is 1.95. The Kier molecular flexibility index (Phi) is 3.61. The van der Waals surface area contributed by atoms with Gasteiger partial charge in [-0.05, 0) is 17.5 Å². The first-order chi connectivity index (χ1) is 5.47. The van der Waals surface area contributed by atoms with E-state index in [4.69, 9.17) is 9.69 Å². The van der Waals surface area contributed by atoms with Crippen molar-refractivity contribution in [1.82, 2.24) is 4.98 Å². The van der Waals surface area contributed by atoms with Crippen LogP contribution in [0.2, 0.25) is 0 Å². The molecule has 2 rings (SSSR count). The van der Waals surface area contributed by atoms with Crippen LogP contribution in [-0.2, 0) is 17.3 Å². The summed E-state index contributed by atoms with van der Waals surface area (Å²) < 4.78 is 0. The van der Waals surface area contributed by atoms with E-state index in [1.54, 1.807) is 0 Å². The van der Waals surface area contributed by atoms with Gasteiger partial charge in [-0.1, -0.05) is 18.2 Å². The summed E-state index contributed by atoms with van der Waals surface area (Å²) >= 11 is 0.847. The zero-order valence-electron chi connectivity index (χ0n) is 6.05. The number of aromatic nitrogens is 1. The van der Waals surface area contributed by atoms with Crippen LogP contribution in [0, 0.1) is 0 Å². The number of halogens is 1. The smallest absolute Gasteiger partial charge is 0.0453 e. The van der Waals surface area contributed by atoms with Gasteiger partial charge in [0.25, 0.3) is 0 Å². The van der Waals surface area contributed by atoms with Crippen LogP contribution in [0.5, 0.6) is 0 Å². The van der Waals surface area contributed by atoms with Crippen LogP contribution in [0.25, 0.3) is 10.9 Å². The summed E-state index contributed by atoms with van der Waals surface area (Å²) in [5, 5.41) is 1.28. The van der Waals surface area contributed by atoms with Gasteiger partial charge in [-0.25, -0.2) is 0 Å². The number of aromatic amines is 1. The third-order valence-electron chi connectivity index (χ3n) is 1.46. The predicted octanol–water partition coefficient (Wildman–Crippen LogP) is 2.85. The molecule has 2 aromatic rings. The van der Waals surface area contributed by atoms with Gasteiger partial charge < -0.3 is 4.98 Å². The van der Waals surface area contributed by atoms with Gasteiger partial charge >= 0.3 is 27.0 Å². The van der Waals surface area contributed by atoms with E-state index in [1.165, 1.54) is 10.9 Å². The SMILES string of the molecule is [Cl][Zn].c1ccc2[nH]ccc2c1. The molecule has 0 saturated heterocycles. The molecule has 0 aliphatic rings. The molecule has 1 heterocycles. The fourth-order valence-corrected chi connectivity index (χ4v) is 0.995. The van der Waals surface area contributed by atoms with Crippen LogP contribution >= 0.6 is 9.69 Å². The fourth-order valence-electron chi connectivity index (χ4n) is 0.995. The van der Waals surface area contributed by atoms with Crippen molar-refractivity contribution in [3.05, 3.63) is 36.5 Å². The molecule has 0 radical (unpaired) electrons. The van der Waals surface area contributed by atoms with E-state index in [0.717, 1.165) is 17.3 Å². The van der Waals surface area contributed by atoms with Crippen molar-refractivity contribution in [2.45, 2.75) is 0 Å². The molecule has 0 unspecified atom stereocenters. The molecule has 0 amide bonds. The zero-order valence-corrected chi connectivity index (χ0v) is 9.77. The minimum absolute atomic E-state index is 0.847. The van der Waals surface area contributed by atoms with Gasteiger partial charge in [0.2, 0.25) is 0 Å².